The lowest BCUT2D eigenvalue weighted by atomic mass is 10.1. The molecule has 194 valence electrons. The van der Waals surface area contributed by atoms with Crippen molar-refractivity contribution in [2.45, 2.75) is 25.9 Å². The lowest BCUT2D eigenvalue weighted by Crippen LogP contribution is -2.26. The fourth-order valence-electron chi connectivity index (χ4n) is 4.40. The molecule has 0 bridgehead atoms. The number of rotatable bonds is 6. The second-order valence-corrected chi connectivity index (χ2v) is 9.20. The second kappa shape index (κ2) is 10.5. The fourth-order valence-corrected chi connectivity index (χ4v) is 4.40. The van der Waals surface area contributed by atoms with Crippen LogP contribution in [0.25, 0.3) is 33.8 Å². The molecule has 5 heterocycles. The Labute approximate surface area is 219 Å². The molecule has 1 saturated heterocycles. The number of hydrogen-bond donors (Lipinski definition) is 0. The molecule has 38 heavy (non-hydrogen) atoms. The van der Waals surface area contributed by atoms with Gasteiger partial charge in [-0.05, 0) is 30.7 Å². The number of nitriles is 1. The van der Waals surface area contributed by atoms with E-state index in [1.807, 2.05) is 13.0 Å². The van der Waals surface area contributed by atoms with E-state index in [9.17, 15) is 10.1 Å². The normalized spacial score (nSPS) is 13.8. The summed E-state index contributed by atoms with van der Waals surface area (Å²) in [4.78, 5) is 27.4. The van der Waals surface area contributed by atoms with Crippen LogP contribution in [-0.4, -0.2) is 66.3 Å². The van der Waals surface area contributed by atoms with E-state index in [1.54, 1.807) is 38.5 Å². The van der Waals surface area contributed by atoms with E-state index in [2.05, 4.69) is 21.0 Å². The zero-order chi connectivity index (χ0) is 26.8. The van der Waals surface area contributed by atoms with Crippen molar-refractivity contribution in [3.05, 3.63) is 53.5 Å². The number of ether oxygens (including phenoxy) is 3. The summed E-state index contributed by atoms with van der Waals surface area (Å²) in [6.07, 6.45) is 4.76. The monoisotopic (exact) mass is 513 g/mol. The molecule has 10 heteroatoms. The molecule has 4 aromatic heterocycles. The van der Waals surface area contributed by atoms with E-state index in [0.717, 1.165) is 18.4 Å². The van der Waals surface area contributed by atoms with E-state index >= 15 is 0 Å². The molecule has 10 nitrogen and oxygen atoms in total. The smallest absolute Gasteiger partial charge is 0.255 e. The summed E-state index contributed by atoms with van der Waals surface area (Å²) in [5.41, 5.74) is 4.27. The summed E-state index contributed by atoms with van der Waals surface area (Å²) >= 11 is 0. The average Bonchev–Trinajstić information content (AvgIpc) is 3.37. The topological polar surface area (TPSA) is 124 Å². The molecule has 0 aromatic carbocycles. The van der Waals surface area contributed by atoms with Gasteiger partial charge >= 0.3 is 0 Å². The number of pyridine rings is 3. The SMILES string of the molecule is COc1cc(C(=O)N(C)C)cnc1-c1cc2ncc(C)c(-c3ccc(OC4CCOCC4)c(C#N)n3)c2o1. The number of aryl methyl sites for hydroxylation is 1. The second-order valence-electron chi connectivity index (χ2n) is 9.20. The first-order valence-corrected chi connectivity index (χ1v) is 12.2. The highest BCUT2D eigenvalue weighted by Gasteiger charge is 2.22. The highest BCUT2D eigenvalue weighted by atomic mass is 16.5. The van der Waals surface area contributed by atoms with E-state index in [-0.39, 0.29) is 17.7 Å². The summed E-state index contributed by atoms with van der Waals surface area (Å²) < 4.78 is 23.3. The van der Waals surface area contributed by atoms with Crippen molar-refractivity contribution in [1.29, 1.82) is 5.26 Å². The van der Waals surface area contributed by atoms with Crippen LogP contribution in [0.15, 0.2) is 41.1 Å². The van der Waals surface area contributed by atoms with Crippen molar-refractivity contribution in [3.63, 3.8) is 0 Å². The van der Waals surface area contributed by atoms with Crippen molar-refractivity contribution in [3.8, 4) is 40.3 Å². The van der Waals surface area contributed by atoms with E-state index < -0.39 is 0 Å². The fraction of sp³-hybridized carbons (Fsp3) is 0.321. The quantitative estimate of drug-likeness (QED) is 0.369. The van der Waals surface area contributed by atoms with Crippen LogP contribution in [0.3, 0.4) is 0 Å². The van der Waals surface area contributed by atoms with Crippen LogP contribution in [-0.2, 0) is 4.74 Å². The number of nitrogens with zero attached hydrogens (tertiary/aromatic N) is 5. The molecule has 0 atom stereocenters. The van der Waals surface area contributed by atoms with Gasteiger partial charge in [-0.1, -0.05) is 0 Å². The van der Waals surface area contributed by atoms with E-state index in [4.69, 9.17) is 18.6 Å². The maximum absolute atomic E-state index is 12.4. The van der Waals surface area contributed by atoms with Gasteiger partial charge in [-0.3, -0.25) is 9.78 Å². The molecule has 1 aliphatic heterocycles. The zero-order valence-corrected chi connectivity index (χ0v) is 21.6. The Morgan fingerprint density at radius 1 is 1.13 bits per heavy atom. The summed E-state index contributed by atoms with van der Waals surface area (Å²) in [7, 11) is 4.86. The van der Waals surface area contributed by atoms with Gasteiger partial charge in [0, 0.05) is 51.0 Å². The van der Waals surface area contributed by atoms with Crippen LogP contribution in [0.2, 0.25) is 0 Å². The first-order chi connectivity index (χ1) is 18.4. The Hall–Kier alpha value is -4.49. The molecule has 5 rings (SSSR count). The molecular weight excluding hydrogens is 486 g/mol. The highest BCUT2D eigenvalue weighted by molar-refractivity contribution is 5.95. The lowest BCUT2D eigenvalue weighted by molar-refractivity contribution is 0.0253. The molecule has 0 spiro atoms. The minimum atomic E-state index is -0.185. The Balaban J connectivity index is 1.55. The van der Waals surface area contributed by atoms with Gasteiger partial charge in [-0.25, -0.2) is 9.97 Å². The molecule has 1 fully saturated rings. The number of aromatic nitrogens is 3. The zero-order valence-electron chi connectivity index (χ0n) is 21.6. The van der Waals surface area contributed by atoms with E-state index in [0.29, 0.717) is 64.1 Å². The van der Waals surface area contributed by atoms with Crippen molar-refractivity contribution in [2.24, 2.45) is 0 Å². The molecule has 1 aliphatic rings. The van der Waals surface area contributed by atoms with Crippen molar-refractivity contribution < 1.29 is 23.4 Å². The first kappa shape index (κ1) is 25.2. The maximum atomic E-state index is 12.4. The van der Waals surface area contributed by atoms with E-state index in [1.165, 1.54) is 18.2 Å². The number of hydrogen-bond acceptors (Lipinski definition) is 9. The Morgan fingerprint density at radius 2 is 1.92 bits per heavy atom. The predicted molar refractivity (Wildman–Crippen MR) is 139 cm³/mol. The number of methoxy groups -OCH3 is 1. The van der Waals surface area contributed by atoms with Gasteiger partial charge in [0.2, 0.25) is 0 Å². The molecule has 1 amide bonds. The van der Waals surface area contributed by atoms with Crippen LogP contribution >= 0.6 is 0 Å². The van der Waals surface area contributed by atoms with Crippen LogP contribution in [0.4, 0.5) is 0 Å². The van der Waals surface area contributed by atoms with Gasteiger partial charge in [-0.15, -0.1) is 0 Å². The third kappa shape index (κ3) is 4.76. The minimum Gasteiger partial charge on any atom is -0.494 e. The molecule has 0 aliphatic carbocycles. The third-order valence-corrected chi connectivity index (χ3v) is 6.37. The highest BCUT2D eigenvalue weighted by Crippen LogP contribution is 2.38. The summed E-state index contributed by atoms with van der Waals surface area (Å²) in [5, 5.41) is 9.81. The molecule has 0 N–H and O–H groups in total. The van der Waals surface area contributed by atoms with Gasteiger partial charge in [0.1, 0.15) is 29.1 Å². The first-order valence-electron chi connectivity index (χ1n) is 12.2. The predicted octanol–water partition coefficient (Wildman–Crippen LogP) is 4.40. The van der Waals surface area contributed by atoms with Gasteiger partial charge < -0.3 is 23.5 Å². The van der Waals surface area contributed by atoms with Crippen LogP contribution in [0.1, 0.15) is 34.5 Å². The van der Waals surface area contributed by atoms with Crippen LogP contribution in [0, 0.1) is 18.3 Å². The van der Waals surface area contributed by atoms with Crippen LogP contribution < -0.4 is 9.47 Å². The van der Waals surface area contributed by atoms with Crippen molar-refractivity contribution in [1.82, 2.24) is 19.9 Å². The Morgan fingerprint density at radius 3 is 2.63 bits per heavy atom. The number of fused-ring (bicyclic) bond motifs is 1. The van der Waals surface area contributed by atoms with Gasteiger partial charge in [0.15, 0.2) is 22.8 Å². The number of furan rings is 1. The summed E-state index contributed by atoms with van der Waals surface area (Å²) in [6.45, 7) is 3.19. The Bertz CT molecular complexity index is 1550. The Kier molecular flexibility index (Phi) is 6.94. The number of amides is 1. The van der Waals surface area contributed by atoms with Crippen molar-refractivity contribution >= 4 is 17.0 Å². The number of carbonyl (C=O) groups is 1. The van der Waals surface area contributed by atoms with Gasteiger partial charge in [0.25, 0.3) is 5.91 Å². The molecule has 0 radical (unpaired) electrons. The van der Waals surface area contributed by atoms with Crippen LogP contribution in [0.5, 0.6) is 11.5 Å². The number of carbonyl (C=O) groups excluding carboxylic acids is 1. The summed E-state index contributed by atoms with van der Waals surface area (Å²) in [5.74, 6) is 1.09. The molecule has 0 saturated carbocycles. The molecule has 4 aromatic rings. The molecule has 0 unspecified atom stereocenters. The largest absolute Gasteiger partial charge is 0.494 e. The average molecular weight is 514 g/mol. The summed E-state index contributed by atoms with van der Waals surface area (Å²) in [6, 6.07) is 9.16. The maximum Gasteiger partial charge on any atom is 0.255 e. The van der Waals surface area contributed by atoms with Gasteiger partial charge in [-0.2, -0.15) is 5.26 Å². The molecular formula is C28H27N5O5. The van der Waals surface area contributed by atoms with Gasteiger partial charge in [0.05, 0.1) is 31.6 Å². The lowest BCUT2D eigenvalue weighted by Gasteiger charge is -2.23. The third-order valence-electron chi connectivity index (χ3n) is 6.37. The standard InChI is InChI=1S/C28H27N5O5/c1-16-14-30-20-12-24(26-23(35-4)11-17(15-31-26)28(34)33(2)3)38-27(20)25(16)19-5-6-22(21(13-29)32-19)37-18-7-9-36-10-8-18/h5-6,11-12,14-15,18H,7-10H2,1-4H3. The minimum absolute atomic E-state index is 0.00705. The van der Waals surface area contributed by atoms with Crippen molar-refractivity contribution in [2.75, 3.05) is 34.4 Å².